The smallest absolute Gasteiger partial charge is 0.370 e. The average Bonchev–Trinajstić information content (AvgIpc) is 3.24. The molecule has 3 rings (SSSR count). The van der Waals surface area contributed by atoms with E-state index in [0.29, 0.717) is 24.0 Å². The number of hydrogen-bond acceptors (Lipinski definition) is 1. The van der Waals surface area contributed by atoms with Crippen molar-refractivity contribution in [2.75, 3.05) is 13.1 Å². The predicted molar refractivity (Wildman–Crippen MR) is 99.6 cm³/mol. The van der Waals surface area contributed by atoms with Gasteiger partial charge in [-0.1, -0.05) is 24.6 Å². The molecule has 3 nitrogen and oxygen atoms in total. The lowest BCUT2D eigenvalue weighted by Gasteiger charge is -2.25. The van der Waals surface area contributed by atoms with Crippen molar-refractivity contribution in [3.63, 3.8) is 0 Å². The number of nitrogens with zero attached hydrogens (tertiary/aromatic N) is 1. The summed E-state index contributed by atoms with van der Waals surface area (Å²) in [5.74, 6) is 1.08. The van der Waals surface area contributed by atoms with Crippen LogP contribution < -0.4 is 11.1 Å². The van der Waals surface area contributed by atoms with Crippen LogP contribution >= 0.6 is 24.0 Å². The van der Waals surface area contributed by atoms with Gasteiger partial charge in [-0.25, -0.2) is 0 Å². The zero-order chi connectivity index (χ0) is 16.5. The molecule has 0 unspecified atom stereocenters. The molecule has 0 amide bonds. The highest BCUT2D eigenvalue weighted by atomic mass is 127. The minimum atomic E-state index is -4.31. The van der Waals surface area contributed by atoms with E-state index in [-0.39, 0.29) is 29.4 Å². The molecule has 0 bridgehead atoms. The van der Waals surface area contributed by atoms with Crippen molar-refractivity contribution in [3.05, 3.63) is 35.4 Å². The molecule has 0 aliphatic heterocycles. The third kappa shape index (κ3) is 4.55. The van der Waals surface area contributed by atoms with E-state index in [2.05, 4.69) is 10.3 Å². The van der Waals surface area contributed by atoms with E-state index in [0.717, 1.165) is 25.5 Å². The number of aliphatic imine (C=N–C) groups is 1. The van der Waals surface area contributed by atoms with Gasteiger partial charge in [-0.2, -0.15) is 13.2 Å². The first-order valence-corrected chi connectivity index (χ1v) is 8.11. The second kappa shape index (κ2) is 7.49. The van der Waals surface area contributed by atoms with Crippen LogP contribution in [0.5, 0.6) is 0 Å². The number of halogens is 4. The lowest BCUT2D eigenvalue weighted by Crippen LogP contribution is -2.37. The fourth-order valence-electron chi connectivity index (χ4n) is 2.95. The van der Waals surface area contributed by atoms with Crippen LogP contribution in [0.3, 0.4) is 0 Å². The van der Waals surface area contributed by atoms with Gasteiger partial charge in [0.1, 0.15) is 0 Å². The molecular formula is C17H23F3IN3. The second-order valence-corrected chi connectivity index (χ2v) is 6.74. The van der Waals surface area contributed by atoms with Crippen LogP contribution in [-0.2, 0) is 11.6 Å². The summed E-state index contributed by atoms with van der Waals surface area (Å²) in [6.07, 6.45) is 1.14. The minimum Gasteiger partial charge on any atom is -0.370 e. The van der Waals surface area contributed by atoms with Crippen molar-refractivity contribution in [2.24, 2.45) is 16.6 Å². The van der Waals surface area contributed by atoms with E-state index >= 15 is 0 Å². The first kappa shape index (κ1) is 19.3. The summed E-state index contributed by atoms with van der Waals surface area (Å²) < 4.78 is 38.5. The Morgan fingerprint density at radius 2 is 2.00 bits per heavy atom. The summed E-state index contributed by atoms with van der Waals surface area (Å²) in [5.41, 5.74) is 5.71. The molecule has 3 N–H and O–H groups in total. The van der Waals surface area contributed by atoms with E-state index in [4.69, 9.17) is 5.73 Å². The highest BCUT2D eigenvalue weighted by Crippen LogP contribution is 2.49. The van der Waals surface area contributed by atoms with E-state index in [1.54, 1.807) is 6.07 Å². The van der Waals surface area contributed by atoms with Crippen molar-refractivity contribution >= 4 is 29.9 Å². The van der Waals surface area contributed by atoms with Gasteiger partial charge in [-0.3, -0.25) is 4.99 Å². The third-order valence-corrected chi connectivity index (χ3v) is 5.00. The normalized spacial score (nSPS) is 20.0. The molecule has 1 aromatic carbocycles. The summed E-state index contributed by atoms with van der Waals surface area (Å²) in [6, 6.07) is 5.59. The van der Waals surface area contributed by atoms with Gasteiger partial charge in [0.05, 0.1) is 12.1 Å². The van der Waals surface area contributed by atoms with Crippen molar-refractivity contribution in [3.8, 4) is 0 Å². The predicted octanol–water partition coefficient (Wildman–Crippen LogP) is 4.06. The molecule has 0 heterocycles. The van der Waals surface area contributed by atoms with Crippen LogP contribution in [0.1, 0.15) is 43.2 Å². The first-order chi connectivity index (χ1) is 10.9. The van der Waals surface area contributed by atoms with Crippen LogP contribution in [0.25, 0.3) is 0 Å². The molecule has 1 aromatic rings. The topological polar surface area (TPSA) is 50.4 Å². The maximum atomic E-state index is 12.8. The van der Waals surface area contributed by atoms with Crippen molar-refractivity contribution in [2.45, 2.75) is 43.7 Å². The lowest BCUT2D eigenvalue weighted by molar-refractivity contribution is -0.137. The number of benzene rings is 1. The Bertz CT molecular complexity index is 593. The number of rotatable bonds is 5. The zero-order valence-corrected chi connectivity index (χ0v) is 15.7. The molecule has 134 valence electrons. The number of guanidine groups is 1. The zero-order valence-electron chi connectivity index (χ0n) is 13.4. The molecular weight excluding hydrogens is 430 g/mol. The molecule has 0 radical (unpaired) electrons. The van der Waals surface area contributed by atoms with Gasteiger partial charge >= 0.3 is 6.18 Å². The summed E-state index contributed by atoms with van der Waals surface area (Å²) in [4.78, 5) is 4.36. The Balaban J connectivity index is 0.00000208. The van der Waals surface area contributed by atoms with Gasteiger partial charge < -0.3 is 11.1 Å². The quantitative estimate of drug-likeness (QED) is 0.402. The van der Waals surface area contributed by atoms with Crippen molar-refractivity contribution in [1.82, 2.24) is 5.32 Å². The van der Waals surface area contributed by atoms with Gasteiger partial charge in [0, 0.05) is 12.0 Å². The molecule has 0 aromatic heterocycles. The van der Waals surface area contributed by atoms with Crippen LogP contribution in [0.4, 0.5) is 13.2 Å². The van der Waals surface area contributed by atoms with Gasteiger partial charge in [0.2, 0.25) is 0 Å². The Labute approximate surface area is 157 Å². The van der Waals surface area contributed by atoms with Crippen molar-refractivity contribution < 1.29 is 13.2 Å². The Kier molecular flexibility index (Phi) is 6.04. The van der Waals surface area contributed by atoms with E-state index in [1.165, 1.54) is 31.4 Å². The first-order valence-electron chi connectivity index (χ1n) is 8.11. The summed E-state index contributed by atoms with van der Waals surface area (Å²) in [5, 5.41) is 3.12. The SMILES string of the molecule is I.NC(=NCC1(c2cccc(C(F)(F)F)c2)CC1)NCC1CCC1. The number of nitrogens with one attached hydrogen (secondary N) is 1. The molecule has 0 spiro atoms. The van der Waals surface area contributed by atoms with Crippen LogP contribution in [0.15, 0.2) is 29.3 Å². The standard InChI is InChI=1S/C17H22F3N3.HI/c18-17(19,20)14-6-2-5-13(9-14)16(7-8-16)11-23-15(21)22-10-12-3-1-4-12;/h2,5-6,9,12H,1,3-4,7-8,10-11H2,(H3,21,22,23);1H. The molecule has 2 aliphatic rings. The molecule has 7 heteroatoms. The highest BCUT2D eigenvalue weighted by molar-refractivity contribution is 14.0. The van der Waals surface area contributed by atoms with Gasteiger partial charge in [0.25, 0.3) is 0 Å². The molecule has 2 aliphatic carbocycles. The van der Waals surface area contributed by atoms with E-state index in [1.807, 2.05) is 0 Å². The van der Waals surface area contributed by atoms with E-state index in [9.17, 15) is 13.2 Å². The fourth-order valence-corrected chi connectivity index (χ4v) is 2.95. The van der Waals surface area contributed by atoms with Gasteiger partial charge in [-0.15, -0.1) is 24.0 Å². The number of alkyl halides is 3. The molecule has 2 saturated carbocycles. The van der Waals surface area contributed by atoms with Crippen LogP contribution in [0, 0.1) is 5.92 Å². The lowest BCUT2D eigenvalue weighted by atomic mass is 9.85. The Morgan fingerprint density at radius 3 is 2.54 bits per heavy atom. The molecule has 0 saturated heterocycles. The second-order valence-electron chi connectivity index (χ2n) is 6.74. The average molecular weight is 453 g/mol. The van der Waals surface area contributed by atoms with Crippen LogP contribution in [-0.4, -0.2) is 19.0 Å². The van der Waals surface area contributed by atoms with Crippen molar-refractivity contribution in [1.29, 1.82) is 0 Å². The molecule has 24 heavy (non-hydrogen) atoms. The molecule has 0 atom stereocenters. The number of nitrogens with two attached hydrogens (primary N) is 1. The van der Waals surface area contributed by atoms with E-state index < -0.39 is 11.7 Å². The maximum absolute atomic E-state index is 12.8. The summed E-state index contributed by atoms with van der Waals surface area (Å²) in [6.45, 7) is 1.28. The third-order valence-electron chi connectivity index (χ3n) is 5.00. The largest absolute Gasteiger partial charge is 0.416 e. The molecule has 2 fully saturated rings. The highest BCUT2D eigenvalue weighted by Gasteiger charge is 2.45. The monoisotopic (exact) mass is 453 g/mol. The Morgan fingerprint density at radius 1 is 1.29 bits per heavy atom. The van der Waals surface area contributed by atoms with Crippen LogP contribution in [0.2, 0.25) is 0 Å². The van der Waals surface area contributed by atoms with Gasteiger partial charge in [-0.05, 0) is 43.2 Å². The minimum absolute atomic E-state index is 0. The summed E-state index contributed by atoms with van der Waals surface area (Å²) >= 11 is 0. The summed E-state index contributed by atoms with van der Waals surface area (Å²) in [7, 11) is 0. The maximum Gasteiger partial charge on any atom is 0.416 e. The number of hydrogen-bond donors (Lipinski definition) is 2. The van der Waals surface area contributed by atoms with Gasteiger partial charge in [0.15, 0.2) is 5.96 Å². The fraction of sp³-hybridized carbons (Fsp3) is 0.588. The Hall–Kier alpha value is -0.990.